The van der Waals surface area contributed by atoms with Crippen molar-refractivity contribution in [1.29, 1.82) is 0 Å². The van der Waals surface area contributed by atoms with Gasteiger partial charge in [0.25, 0.3) is 0 Å². The van der Waals surface area contributed by atoms with E-state index in [1.165, 1.54) is 6.07 Å². The summed E-state index contributed by atoms with van der Waals surface area (Å²) in [6.07, 6.45) is 1.99. The van der Waals surface area contributed by atoms with Crippen molar-refractivity contribution in [3.8, 4) is 17.1 Å². The van der Waals surface area contributed by atoms with E-state index >= 15 is 0 Å². The first-order valence-corrected chi connectivity index (χ1v) is 5.84. The lowest BCUT2D eigenvalue weighted by Crippen LogP contribution is -2.09. The molecule has 2 aromatic rings. The van der Waals surface area contributed by atoms with E-state index in [-0.39, 0.29) is 5.76 Å². The van der Waals surface area contributed by atoms with E-state index in [0.717, 1.165) is 29.7 Å². The van der Waals surface area contributed by atoms with E-state index < -0.39 is 5.97 Å². The zero-order chi connectivity index (χ0) is 12.5. The van der Waals surface area contributed by atoms with Crippen molar-refractivity contribution in [3.63, 3.8) is 0 Å². The number of hydrogen-bond donors (Lipinski definition) is 1. The number of carboxylic acids is 1. The maximum absolute atomic E-state index is 10.8. The number of fused-ring (bicyclic) bond motifs is 1. The molecule has 18 heavy (non-hydrogen) atoms. The van der Waals surface area contributed by atoms with Crippen molar-refractivity contribution >= 4 is 5.97 Å². The minimum Gasteiger partial charge on any atom is -0.493 e. The average Bonchev–Trinajstić information content (AvgIpc) is 2.87. The minimum absolute atomic E-state index is 0.0570. The number of carboxylic acid groups (broad SMARTS) is 1. The molecular formula is C14H12O4. The Morgan fingerprint density at radius 3 is 2.89 bits per heavy atom. The van der Waals surface area contributed by atoms with Gasteiger partial charge >= 0.3 is 5.97 Å². The fourth-order valence-corrected chi connectivity index (χ4v) is 2.18. The number of aromatic carboxylic acids is 1. The zero-order valence-electron chi connectivity index (χ0n) is 9.68. The third-order valence-corrected chi connectivity index (χ3v) is 3.02. The molecule has 0 atom stereocenters. The van der Waals surface area contributed by atoms with Crippen molar-refractivity contribution in [2.75, 3.05) is 6.61 Å². The lowest BCUT2D eigenvalue weighted by molar-refractivity contribution is 0.0663. The highest BCUT2D eigenvalue weighted by atomic mass is 16.5. The van der Waals surface area contributed by atoms with E-state index in [1.54, 1.807) is 6.07 Å². The Balaban J connectivity index is 2.08. The second kappa shape index (κ2) is 4.22. The van der Waals surface area contributed by atoms with E-state index in [9.17, 15) is 4.79 Å². The molecule has 0 unspecified atom stereocenters. The standard InChI is InChI=1S/C14H12O4/c15-14(16)12-7-6-11(18-12)10-5-1-3-9-4-2-8-17-13(9)10/h1,3,5-7H,2,4,8H2,(H,15,16). The lowest BCUT2D eigenvalue weighted by atomic mass is 10.0. The van der Waals surface area contributed by atoms with Crippen LogP contribution in [0.4, 0.5) is 0 Å². The van der Waals surface area contributed by atoms with Gasteiger partial charge in [-0.05, 0) is 36.6 Å². The van der Waals surface area contributed by atoms with Crippen LogP contribution in [-0.2, 0) is 6.42 Å². The van der Waals surface area contributed by atoms with Crippen LogP contribution in [0.5, 0.6) is 5.75 Å². The van der Waals surface area contributed by atoms with Crippen molar-refractivity contribution in [3.05, 3.63) is 41.7 Å². The predicted octanol–water partition coefficient (Wildman–Crippen LogP) is 2.97. The van der Waals surface area contributed by atoms with Crippen molar-refractivity contribution in [2.24, 2.45) is 0 Å². The Bertz CT molecular complexity index is 598. The Morgan fingerprint density at radius 2 is 2.11 bits per heavy atom. The second-order valence-corrected chi connectivity index (χ2v) is 4.21. The van der Waals surface area contributed by atoms with Gasteiger partial charge < -0.3 is 14.3 Å². The molecule has 1 aliphatic heterocycles. The summed E-state index contributed by atoms with van der Waals surface area (Å²) >= 11 is 0. The Morgan fingerprint density at radius 1 is 1.22 bits per heavy atom. The summed E-state index contributed by atoms with van der Waals surface area (Å²) in [5.74, 6) is 0.228. The fraction of sp³-hybridized carbons (Fsp3) is 0.214. The molecule has 0 bridgehead atoms. The van der Waals surface area contributed by atoms with Gasteiger partial charge in [-0.1, -0.05) is 12.1 Å². The van der Waals surface area contributed by atoms with Crippen LogP contribution in [0, 0.1) is 0 Å². The van der Waals surface area contributed by atoms with Crippen molar-refractivity contribution in [1.82, 2.24) is 0 Å². The normalized spacial score (nSPS) is 13.8. The topological polar surface area (TPSA) is 59.7 Å². The van der Waals surface area contributed by atoms with Gasteiger partial charge in [-0.15, -0.1) is 0 Å². The number of aryl methyl sites for hydroxylation is 1. The van der Waals surface area contributed by atoms with E-state index in [1.807, 2.05) is 18.2 Å². The molecule has 0 saturated carbocycles. The number of furan rings is 1. The lowest BCUT2D eigenvalue weighted by Gasteiger charge is -2.19. The predicted molar refractivity (Wildman–Crippen MR) is 64.9 cm³/mol. The SMILES string of the molecule is O=C(O)c1ccc(-c2cccc3c2OCCC3)o1. The third kappa shape index (κ3) is 1.76. The van der Waals surface area contributed by atoms with Gasteiger partial charge in [0.2, 0.25) is 5.76 Å². The highest BCUT2D eigenvalue weighted by Gasteiger charge is 2.18. The Kier molecular flexibility index (Phi) is 2.55. The molecule has 2 heterocycles. The summed E-state index contributed by atoms with van der Waals surface area (Å²) in [5.41, 5.74) is 1.96. The highest BCUT2D eigenvalue weighted by molar-refractivity contribution is 5.85. The van der Waals surface area contributed by atoms with Crippen LogP contribution in [0.15, 0.2) is 34.7 Å². The van der Waals surface area contributed by atoms with Crippen LogP contribution in [0.2, 0.25) is 0 Å². The van der Waals surface area contributed by atoms with E-state index in [0.29, 0.717) is 12.4 Å². The summed E-state index contributed by atoms with van der Waals surface area (Å²) in [6, 6.07) is 8.97. The maximum atomic E-state index is 10.8. The van der Waals surface area contributed by atoms with Gasteiger partial charge in [0.05, 0.1) is 12.2 Å². The van der Waals surface area contributed by atoms with Crippen molar-refractivity contribution in [2.45, 2.75) is 12.8 Å². The summed E-state index contributed by atoms with van der Waals surface area (Å²) in [6.45, 7) is 0.691. The molecular weight excluding hydrogens is 232 g/mol. The molecule has 0 aliphatic carbocycles. The summed E-state index contributed by atoms with van der Waals surface area (Å²) < 4.78 is 11.0. The first kappa shape index (κ1) is 10.9. The number of para-hydroxylation sites is 1. The van der Waals surface area contributed by atoms with Gasteiger partial charge in [-0.3, -0.25) is 0 Å². The molecule has 0 fully saturated rings. The quantitative estimate of drug-likeness (QED) is 0.882. The third-order valence-electron chi connectivity index (χ3n) is 3.02. The maximum Gasteiger partial charge on any atom is 0.371 e. The molecule has 1 aliphatic rings. The smallest absolute Gasteiger partial charge is 0.371 e. The van der Waals surface area contributed by atoms with Crippen LogP contribution in [0.25, 0.3) is 11.3 Å². The monoisotopic (exact) mass is 244 g/mol. The van der Waals surface area contributed by atoms with Gasteiger partial charge in [0.1, 0.15) is 11.5 Å². The number of rotatable bonds is 2. The number of benzene rings is 1. The molecule has 1 aromatic carbocycles. The minimum atomic E-state index is -1.06. The first-order valence-electron chi connectivity index (χ1n) is 5.84. The van der Waals surface area contributed by atoms with E-state index in [2.05, 4.69) is 0 Å². The molecule has 4 nitrogen and oxygen atoms in total. The number of ether oxygens (including phenoxy) is 1. The molecule has 3 rings (SSSR count). The molecule has 0 radical (unpaired) electrons. The molecule has 0 amide bonds. The molecule has 4 heteroatoms. The molecule has 92 valence electrons. The average molecular weight is 244 g/mol. The van der Waals surface area contributed by atoms with Gasteiger partial charge in [-0.2, -0.15) is 0 Å². The summed E-state index contributed by atoms with van der Waals surface area (Å²) in [5, 5.41) is 8.86. The zero-order valence-corrected chi connectivity index (χ0v) is 9.68. The Labute approximate surface area is 104 Å². The van der Waals surface area contributed by atoms with Crippen LogP contribution in [0.3, 0.4) is 0 Å². The highest BCUT2D eigenvalue weighted by Crippen LogP contribution is 2.36. The molecule has 1 N–H and O–H groups in total. The fourth-order valence-electron chi connectivity index (χ4n) is 2.18. The van der Waals surface area contributed by atoms with Crippen LogP contribution < -0.4 is 4.74 Å². The van der Waals surface area contributed by atoms with Gasteiger partial charge in [0, 0.05) is 0 Å². The first-order chi connectivity index (χ1) is 8.75. The number of carbonyl (C=O) groups is 1. The van der Waals surface area contributed by atoms with Crippen molar-refractivity contribution < 1.29 is 19.1 Å². The van der Waals surface area contributed by atoms with Crippen LogP contribution in [0.1, 0.15) is 22.5 Å². The summed E-state index contributed by atoms with van der Waals surface area (Å²) in [4.78, 5) is 10.8. The largest absolute Gasteiger partial charge is 0.493 e. The molecule has 1 aromatic heterocycles. The van der Waals surface area contributed by atoms with E-state index in [4.69, 9.17) is 14.3 Å². The van der Waals surface area contributed by atoms with Gasteiger partial charge in [-0.25, -0.2) is 4.79 Å². The second-order valence-electron chi connectivity index (χ2n) is 4.21. The Hall–Kier alpha value is -2.23. The van der Waals surface area contributed by atoms with Gasteiger partial charge in [0.15, 0.2) is 0 Å². The summed E-state index contributed by atoms with van der Waals surface area (Å²) in [7, 11) is 0. The van der Waals surface area contributed by atoms with Crippen LogP contribution in [-0.4, -0.2) is 17.7 Å². The number of hydrogen-bond acceptors (Lipinski definition) is 3. The molecule has 0 spiro atoms. The van der Waals surface area contributed by atoms with Crippen LogP contribution >= 0.6 is 0 Å². The molecule has 0 saturated heterocycles.